The van der Waals surface area contributed by atoms with Crippen molar-refractivity contribution < 1.29 is 29.0 Å². The molecule has 246 valence electrons. The fourth-order valence-corrected chi connectivity index (χ4v) is 5.96. The van der Waals surface area contributed by atoms with E-state index >= 15 is 0 Å². The third-order valence-electron chi connectivity index (χ3n) is 7.68. The molecule has 2 heterocycles. The van der Waals surface area contributed by atoms with Crippen molar-refractivity contribution in [3.8, 4) is 22.8 Å². The van der Waals surface area contributed by atoms with Gasteiger partial charge >= 0.3 is 0 Å². The largest absolute Gasteiger partial charge is 0.391 e. The fourth-order valence-electron chi connectivity index (χ4n) is 5.15. The monoisotopic (exact) mass is 640 g/mol. The summed E-state index contributed by atoms with van der Waals surface area (Å²) in [4.78, 5) is 46.5. The number of likely N-dealkylation sites (tertiary alicyclic amines) is 1. The van der Waals surface area contributed by atoms with Crippen LogP contribution in [-0.2, 0) is 30.4 Å². The smallest absolute Gasteiger partial charge is 0.246 e. The van der Waals surface area contributed by atoms with Crippen LogP contribution in [0.5, 0.6) is 0 Å². The Morgan fingerprint density at radius 2 is 1.82 bits per heavy atom. The molecule has 3 atom stereocenters. The highest BCUT2D eigenvalue weighted by atomic mass is 32.1. The molecule has 0 saturated carbocycles. The van der Waals surface area contributed by atoms with Crippen molar-refractivity contribution in [2.45, 2.75) is 91.0 Å². The molecular weight excluding hydrogens is 592 g/mol. The second kappa shape index (κ2) is 18.0. The normalized spacial score (nSPS) is 17.1. The van der Waals surface area contributed by atoms with Crippen LogP contribution in [0.3, 0.4) is 0 Å². The summed E-state index contributed by atoms with van der Waals surface area (Å²) in [5.74, 6) is 1.44. The number of nitrogens with zero attached hydrogens (tertiary/aromatic N) is 2. The number of hydrogen-bond acceptors (Lipinski definition) is 8. The number of ether oxygens (including phenoxy) is 2. The lowest BCUT2D eigenvalue weighted by atomic mass is 9.85. The Hall–Kier alpha value is -3.30. The summed E-state index contributed by atoms with van der Waals surface area (Å²) in [5, 5.41) is 16.1. The maximum absolute atomic E-state index is 13.7. The Morgan fingerprint density at radius 1 is 1.11 bits per heavy atom. The molecule has 1 aliphatic rings. The van der Waals surface area contributed by atoms with Crippen LogP contribution in [0.1, 0.15) is 70.6 Å². The first-order chi connectivity index (χ1) is 21.5. The van der Waals surface area contributed by atoms with E-state index in [4.69, 9.17) is 15.9 Å². The Kier molecular flexibility index (Phi) is 14.5. The lowest BCUT2D eigenvalue weighted by Crippen LogP contribution is -2.58. The van der Waals surface area contributed by atoms with E-state index < -0.39 is 35.4 Å². The van der Waals surface area contributed by atoms with Crippen molar-refractivity contribution in [3.05, 3.63) is 41.0 Å². The van der Waals surface area contributed by atoms with Gasteiger partial charge in [-0.1, -0.05) is 57.9 Å². The highest BCUT2D eigenvalue weighted by molar-refractivity contribution is 7.13. The standard InChI is InChI=1S/C34H48N4O6S/c1-6-7-8-9-10-11-16-43-17-18-44-22-29(40)37-31(34(3,4)5)33(42)38-21-27(39)19-28(38)32(41)35-20-25-12-14-26(15-13-25)30-24(2)36-23-45-30/h1,12-15,23,27-28,31,39H,7-11,16-22H2,2-5H3,(H,35,41)(H,37,40)/t27-,28+,31-/m1/s1. The van der Waals surface area contributed by atoms with E-state index in [0.717, 1.165) is 53.8 Å². The zero-order valence-corrected chi connectivity index (χ0v) is 27.8. The van der Waals surface area contributed by atoms with Gasteiger partial charge in [-0.15, -0.1) is 23.7 Å². The van der Waals surface area contributed by atoms with Crippen LogP contribution in [-0.4, -0.2) is 83.9 Å². The van der Waals surface area contributed by atoms with Gasteiger partial charge in [0.25, 0.3) is 0 Å². The van der Waals surface area contributed by atoms with Gasteiger partial charge in [-0.05, 0) is 36.3 Å². The highest BCUT2D eigenvalue weighted by Crippen LogP contribution is 2.28. The van der Waals surface area contributed by atoms with E-state index in [1.807, 2.05) is 57.5 Å². The average Bonchev–Trinajstić information content (AvgIpc) is 3.62. The molecule has 1 aromatic heterocycles. The van der Waals surface area contributed by atoms with E-state index in [9.17, 15) is 19.5 Å². The van der Waals surface area contributed by atoms with E-state index in [0.29, 0.717) is 13.2 Å². The van der Waals surface area contributed by atoms with Gasteiger partial charge in [-0.25, -0.2) is 4.98 Å². The third kappa shape index (κ3) is 11.5. The molecule has 0 bridgehead atoms. The number of aromatic nitrogens is 1. The minimum atomic E-state index is -0.914. The SMILES string of the molecule is C#CCCCCCCOCCOCC(=O)N[C@H](C(=O)N1C[C@H](O)C[C@H]1C(=O)NCc1ccc(-c2scnc2C)cc1)C(C)(C)C. The summed E-state index contributed by atoms with van der Waals surface area (Å²) in [7, 11) is 0. The Morgan fingerprint density at radius 3 is 2.49 bits per heavy atom. The molecule has 1 fully saturated rings. The van der Waals surface area contributed by atoms with Crippen molar-refractivity contribution in [2.75, 3.05) is 33.0 Å². The zero-order valence-electron chi connectivity index (χ0n) is 27.0. The number of nitrogens with one attached hydrogen (secondary N) is 2. The molecular formula is C34H48N4O6S. The number of aryl methyl sites for hydroxylation is 1. The summed E-state index contributed by atoms with van der Waals surface area (Å²) in [6, 6.07) is 6.13. The first kappa shape index (κ1) is 36.2. The van der Waals surface area contributed by atoms with Crippen LogP contribution in [0.15, 0.2) is 29.8 Å². The minimum Gasteiger partial charge on any atom is -0.391 e. The number of β-amino-alcohol motifs (C(OH)–C–C–N with tert-alkyl or cyclic N) is 1. The summed E-state index contributed by atoms with van der Waals surface area (Å²) in [6.07, 6.45) is 9.47. The van der Waals surface area contributed by atoms with Crippen LogP contribution in [0, 0.1) is 24.7 Å². The van der Waals surface area contributed by atoms with E-state index in [1.54, 1.807) is 11.3 Å². The minimum absolute atomic E-state index is 0.0139. The fraction of sp³-hybridized carbons (Fsp3) is 0.588. The Bertz CT molecular complexity index is 1280. The van der Waals surface area contributed by atoms with E-state index in [1.165, 1.54) is 4.90 Å². The molecule has 0 radical (unpaired) electrons. The van der Waals surface area contributed by atoms with E-state index in [-0.39, 0.29) is 38.6 Å². The molecule has 0 aliphatic carbocycles. The van der Waals surface area contributed by atoms with Crippen molar-refractivity contribution in [1.82, 2.24) is 20.5 Å². The zero-order chi connectivity index (χ0) is 32.8. The van der Waals surface area contributed by atoms with Gasteiger partial charge in [-0.3, -0.25) is 14.4 Å². The first-order valence-electron chi connectivity index (χ1n) is 15.6. The maximum Gasteiger partial charge on any atom is 0.246 e. The molecule has 45 heavy (non-hydrogen) atoms. The van der Waals surface area contributed by atoms with Crippen LogP contribution < -0.4 is 10.6 Å². The molecule has 0 spiro atoms. The number of aliphatic hydroxyl groups is 1. The summed E-state index contributed by atoms with van der Waals surface area (Å²) < 4.78 is 11.0. The molecule has 1 saturated heterocycles. The second-order valence-electron chi connectivity index (χ2n) is 12.5. The number of thiazole rings is 1. The number of amides is 3. The van der Waals surface area contributed by atoms with Gasteiger partial charge in [-0.2, -0.15) is 0 Å². The number of carbonyl (C=O) groups excluding carboxylic acids is 3. The highest BCUT2D eigenvalue weighted by Gasteiger charge is 2.44. The van der Waals surface area contributed by atoms with Gasteiger partial charge in [0.2, 0.25) is 17.7 Å². The first-order valence-corrected chi connectivity index (χ1v) is 16.5. The number of carbonyl (C=O) groups is 3. The predicted molar refractivity (Wildman–Crippen MR) is 175 cm³/mol. The molecule has 3 N–H and O–H groups in total. The van der Waals surface area contributed by atoms with Gasteiger partial charge < -0.3 is 30.1 Å². The average molecular weight is 641 g/mol. The Labute approximate surface area is 271 Å². The predicted octanol–water partition coefficient (Wildman–Crippen LogP) is 3.84. The van der Waals surface area contributed by atoms with Gasteiger partial charge in [0.05, 0.1) is 35.4 Å². The number of hydrogen-bond donors (Lipinski definition) is 3. The Balaban J connectivity index is 1.47. The summed E-state index contributed by atoms with van der Waals surface area (Å²) >= 11 is 1.58. The number of aliphatic hydroxyl groups excluding tert-OH is 1. The van der Waals surface area contributed by atoms with Crippen LogP contribution in [0.25, 0.3) is 10.4 Å². The van der Waals surface area contributed by atoms with Crippen molar-refractivity contribution in [3.63, 3.8) is 0 Å². The van der Waals surface area contributed by atoms with E-state index in [2.05, 4.69) is 21.5 Å². The molecule has 1 aliphatic heterocycles. The van der Waals surface area contributed by atoms with Crippen molar-refractivity contribution >= 4 is 29.1 Å². The molecule has 11 heteroatoms. The topological polar surface area (TPSA) is 130 Å². The quantitative estimate of drug-likeness (QED) is 0.177. The molecule has 3 rings (SSSR count). The number of benzene rings is 1. The summed E-state index contributed by atoms with van der Waals surface area (Å²) in [6.45, 7) is 8.83. The summed E-state index contributed by atoms with van der Waals surface area (Å²) in [5.41, 5.74) is 4.11. The van der Waals surface area contributed by atoms with Gasteiger partial charge in [0.15, 0.2) is 0 Å². The number of unbranched alkanes of at least 4 members (excludes halogenated alkanes) is 4. The van der Waals surface area contributed by atoms with Crippen molar-refractivity contribution in [2.24, 2.45) is 5.41 Å². The van der Waals surface area contributed by atoms with Gasteiger partial charge in [0.1, 0.15) is 18.7 Å². The van der Waals surface area contributed by atoms with Gasteiger partial charge in [0, 0.05) is 32.5 Å². The second-order valence-corrected chi connectivity index (χ2v) is 13.3. The molecule has 10 nitrogen and oxygen atoms in total. The lowest BCUT2D eigenvalue weighted by molar-refractivity contribution is -0.144. The molecule has 0 unspecified atom stereocenters. The third-order valence-corrected chi connectivity index (χ3v) is 8.65. The van der Waals surface area contributed by atoms with Crippen molar-refractivity contribution in [1.29, 1.82) is 0 Å². The number of rotatable bonds is 17. The molecule has 3 amide bonds. The maximum atomic E-state index is 13.7. The molecule has 2 aromatic rings. The number of terminal acetylenes is 1. The van der Waals surface area contributed by atoms with Crippen LogP contribution in [0.2, 0.25) is 0 Å². The van der Waals surface area contributed by atoms with Crippen LogP contribution in [0.4, 0.5) is 0 Å². The van der Waals surface area contributed by atoms with Crippen LogP contribution >= 0.6 is 11.3 Å². The lowest BCUT2D eigenvalue weighted by Gasteiger charge is -2.35. The molecule has 1 aromatic carbocycles.